The number of nitrogens with zero attached hydrogens (tertiary/aromatic N) is 1. The molecule has 47 heavy (non-hydrogen) atoms. The third-order valence-electron chi connectivity index (χ3n) is 10.5. The molecule has 222 valence electrons. The van der Waals surface area contributed by atoms with Crippen LogP contribution in [0.15, 0.2) is 133 Å². The van der Waals surface area contributed by atoms with Gasteiger partial charge in [0.15, 0.2) is 0 Å². The molecule has 9 rings (SSSR count). The summed E-state index contributed by atoms with van der Waals surface area (Å²) < 4.78 is 0. The molecule has 0 N–H and O–H groups in total. The highest BCUT2D eigenvalue weighted by Gasteiger charge is 2.28. The summed E-state index contributed by atoms with van der Waals surface area (Å²) in [6, 6.07) is 49.4. The van der Waals surface area contributed by atoms with Crippen molar-refractivity contribution in [2.24, 2.45) is 0 Å². The molecule has 1 nitrogen and oxygen atoms in total. The van der Waals surface area contributed by atoms with Crippen LogP contribution in [-0.2, 0) is 0 Å². The number of benzene rings is 8. The van der Waals surface area contributed by atoms with Crippen LogP contribution in [0.4, 0.5) is 0 Å². The summed E-state index contributed by atoms with van der Waals surface area (Å²) in [5.41, 5.74) is 12.6. The summed E-state index contributed by atoms with van der Waals surface area (Å²) in [4.78, 5) is 5.36. The first-order valence-electron chi connectivity index (χ1n) is 16.6. The molecule has 0 aliphatic rings. The number of fused-ring (bicyclic) bond motifs is 4. The summed E-state index contributed by atoms with van der Waals surface area (Å²) in [6.07, 6.45) is 0. The van der Waals surface area contributed by atoms with Crippen molar-refractivity contribution in [3.63, 3.8) is 0 Å². The molecule has 0 amide bonds. The summed E-state index contributed by atoms with van der Waals surface area (Å²) in [5, 5.41) is 11.5. The third kappa shape index (κ3) is 4.21. The Hall–Kier alpha value is -5.47. The van der Waals surface area contributed by atoms with Crippen LogP contribution in [0.5, 0.6) is 0 Å². The van der Waals surface area contributed by atoms with Gasteiger partial charge in [-0.2, -0.15) is 0 Å². The lowest BCUT2D eigenvalue weighted by Crippen LogP contribution is -2.55. The second-order valence-electron chi connectivity index (χ2n) is 13.3. The molecule has 1 heterocycles. The van der Waals surface area contributed by atoms with Gasteiger partial charge in [-0.15, -0.1) is 0 Å². The van der Waals surface area contributed by atoms with Crippen LogP contribution < -0.4 is 16.4 Å². The molecule has 8 aromatic carbocycles. The van der Waals surface area contributed by atoms with Gasteiger partial charge in [-0.05, 0) is 72.1 Å². The number of hydrogen-bond acceptors (Lipinski definition) is 1. The number of pyridine rings is 1. The van der Waals surface area contributed by atoms with Crippen LogP contribution in [0.1, 0.15) is 22.3 Å². The third-order valence-corrected chi connectivity index (χ3v) is 10.5. The first-order valence-corrected chi connectivity index (χ1v) is 16.6. The fraction of sp³-hybridized carbons (Fsp3) is 0.0889. The number of rotatable bonds is 4. The molecule has 0 saturated heterocycles. The molecule has 0 unspecified atom stereocenters. The van der Waals surface area contributed by atoms with Gasteiger partial charge in [0.05, 0.1) is 11.2 Å². The van der Waals surface area contributed by atoms with Gasteiger partial charge in [0.25, 0.3) is 0 Å². The Balaban J connectivity index is 1.30. The van der Waals surface area contributed by atoms with Gasteiger partial charge in [0.1, 0.15) is 0 Å². The van der Waals surface area contributed by atoms with Crippen LogP contribution >= 0.6 is 0 Å². The first kappa shape index (κ1) is 27.8. The molecule has 9 aromatic rings. The van der Waals surface area contributed by atoms with E-state index < -0.39 is 0 Å². The van der Waals surface area contributed by atoms with Gasteiger partial charge in [-0.1, -0.05) is 160 Å². The zero-order valence-electron chi connectivity index (χ0n) is 27.2. The molecule has 0 bridgehead atoms. The monoisotopic (exact) mass is 599 g/mol. The van der Waals surface area contributed by atoms with E-state index in [1.807, 2.05) is 0 Å². The van der Waals surface area contributed by atoms with E-state index in [0.717, 1.165) is 16.8 Å². The van der Waals surface area contributed by atoms with E-state index in [0.29, 0.717) is 0 Å². The minimum absolute atomic E-state index is 0.147. The van der Waals surface area contributed by atoms with E-state index in [2.05, 4.69) is 161 Å². The molecule has 0 aliphatic carbocycles. The van der Waals surface area contributed by atoms with Crippen LogP contribution in [0, 0.1) is 27.7 Å². The zero-order valence-corrected chi connectivity index (χ0v) is 27.2. The molecule has 1 aromatic heterocycles. The van der Waals surface area contributed by atoms with Crippen molar-refractivity contribution in [2.75, 3.05) is 0 Å². The lowest BCUT2D eigenvalue weighted by Gasteiger charge is -2.24. The molecule has 0 saturated carbocycles. The maximum absolute atomic E-state index is 5.36. The highest BCUT2D eigenvalue weighted by Crippen LogP contribution is 2.43. The topological polar surface area (TPSA) is 12.9 Å². The smallest absolute Gasteiger partial charge is 0.242 e. The predicted octanol–water partition coefficient (Wildman–Crippen LogP) is 9.70. The van der Waals surface area contributed by atoms with Crippen molar-refractivity contribution in [1.82, 2.24) is 4.98 Å². The molecular formula is C45H34BN. The van der Waals surface area contributed by atoms with Crippen molar-refractivity contribution < 1.29 is 0 Å². The van der Waals surface area contributed by atoms with Crippen LogP contribution in [0.2, 0.25) is 0 Å². The molecule has 0 aliphatic heterocycles. The quantitative estimate of drug-likeness (QED) is 0.112. The Bertz CT molecular complexity index is 2560. The lowest BCUT2D eigenvalue weighted by atomic mass is 9.34. The minimum Gasteiger partial charge on any atom is -0.247 e. The van der Waals surface area contributed by atoms with Crippen molar-refractivity contribution in [1.29, 1.82) is 0 Å². The maximum atomic E-state index is 5.36. The number of aromatic nitrogens is 1. The van der Waals surface area contributed by atoms with E-state index in [4.69, 9.17) is 4.98 Å². The molecule has 0 fully saturated rings. The van der Waals surface area contributed by atoms with Crippen LogP contribution in [0.25, 0.3) is 65.3 Å². The van der Waals surface area contributed by atoms with Gasteiger partial charge >= 0.3 is 0 Å². The normalized spacial score (nSPS) is 11.8. The van der Waals surface area contributed by atoms with E-state index in [1.54, 1.807) is 0 Å². The highest BCUT2D eigenvalue weighted by molar-refractivity contribution is 6.96. The molecule has 0 atom stereocenters. The fourth-order valence-electron chi connectivity index (χ4n) is 8.35. The zero-order chi connectivity index (χ0) is 31.8. The Morgan fingerprint density at radius 3 is 1.66 bits per heavy atom. The molecule has 0 spiro atoms. The Kier molecular flexibility index (Phi) is 6.24. The summed E-state index contributed by atoms with van der Waals surface area (Å²) >= 11 is 0. The Labute approximate surface area is 275 Å². The first-order chi connectivity index (χ1) is 23.0. The van der Waals surface area contributed by atoms with E-state index in [9.17, 15) is 0 Å². The van der Waals surface area contributed by atoms with Crippen LogP contribution in [-0.4, -0.2) is 11.7 Å². The summed E-state index contributed by atoms with van der Waals surface area (Å²) in [5.74, 6) is 0. The van der Waals surface area contributed by atoms with Crippen molar-refractivity contribution in [3.8, 4) is 11.3 Å². The van der Waals surface area contributed by atoms with Gasteiger partial charge < -0.3 is 0 Å². The van der Waals surface area contributed by atoms with Gasteiger partial charge in [-0.3, -0.25) is 0 Å². The van der Waals surface area contributed by atoms with Crippen molar-refractivity contribution in [2.45, 2.75) is 27.7 Å². The van der Waals surface area contributed by atoms with Gasteiger partial charge in [0, 0.05) is 21.7 Å². The average molecular weight is 600 g/mol. The summed E-state index contributed by atoms with van der Waals surface area (Å²) in [6.45, 7) is 9.15. The van der Waals surface area contributed by atoms with Gasteiger partial charge in [-0.25, -0.2) is 4.98 Å². The van der Waals surface area contributed by atoms with Crippen molar-refractivity contribution in [3.05, 3.63) is 156 Å². The second-order valence-corrected chi connectivity index (χ2v) is 13.3. The minimum atomic E-state index is 0.147. The summed E-state index contributed by atoms with van der Waals surface area (Å²) in [7, 11) is 0. The Morgan fingerprint density at radius 2 is 1.00 bits per heavy atom. The fourth-order valence-corrected chi connectivity index (χ4v) is 8.35. The Morgan fingerprint density at radius 1 is 0.426 bits per heavy atom. The van der Waals surface area contributed by atoms with Gasteiger partial charge in [0.2, 0.25) is 6.71 Å². The van der Waals surface area contributed by atoms with E-state index >= 15 is 0 Å². The highest BCUT2D eigenvalue weighted by atomic mass is 14.7. The average Bonchev–Trinajstić information content (AvgIpc) is 3.09. The SMILES string of the molecule is Cc1cccc(C)c1B(c1ccc(-c2nc3ccccc3c3c2cc2ccc4cccc5ccc3c2c45)cc1)c1c(C)cccc1C. The maximum Gasteiger partial charge on any atom is 0.242 e. The van der Waals surface area contributed by atoms with Crippen LogP contribution in [0.3, 0.4) is 0 Å². The standard InChI is InChI=1S/C45H34BN/c1-27-10-7-11-28(2)43(27)46(44-29(3)12-8-13-30(44)4)35-23-20-33(21-24-35)45-38-26-34-19-18-31-14-9-15-32-22-25-37(41(34)40(31)32)42(38)36-16-5-6-17-39(36)47-45/h5-26H,1-4H3. The predicted molar refractivity (Wildman–Crippen MR) is 205 cm³/mol. The van der Waals surface area contributed by atoms with E-state index in [1.165, 1.54) is 87.1 Å². The van der Waals surface area contributed by atoms with Crippen molar-refractivity contribution >= 4 is 77.1 Å². The second kappa shape index (κ2) is 10.5. The molecule has 2 heteroatoms. The number of aryl methyl sites for hydroxylation is 4. The largest absolute Gasteiger partial charge is 0.247 e. The number of hydrogen-bond donors (Lipinski definition) is 0. The molecule has 0 radical (unpaired) electrons. The number of para-hydroxylation sites is 1. The van der Waals surface area contributed by atoms with E-state index in [-0.39, 0.29) is 6.71 Å². The molecular weight excluding hydrogens is 565 g/mol. The lowest BCUT2D eigenvalue weighted by molar-refractivity contribution is 1.40.